The molecule has 35 heavy (non-hydrogen) atoms. The number of nitrogens with one attached hydrogen (secondary N) is 2. The number of rotatable bonds is 5. The lowest BCUT2D eigenvalue weighted by atomic mass is 9.82. The van der Waals surface area contributed by atoms with E-state index < -0.39 is 0 Å². The summed E-state index contributed by atoms with van der Waals surface area (Å²) in [7, 11) is 0. The first kappa shape index (κ1) is 23.5. The smallest absolute Gasteiger partial charge is 0.318 e. The van der Waals surface area contributed by atoms with Gasteiger partial charge in [-0.05, 0) is 69.1 Å². The SMILES string of the molecule is CCOC(=O)C1CCC(CNC(=O)N2CCc3c([nH]c4ccccc34)[C@@H]2c2ccc(C)cc2)CC1. The van der Waals surface area contributed by atoms with Gasteiger partial charge in [0, 0.05) is 29.7 Å². The molecule has 1 atom stereocenters. The number of esters is 1. The number of aromatic amines is 1. The first-order valence-electron chi connectivity index (χ1n) is 12.9. The highest BCUT2D eigenvalue weighted by molar-refractivity contribution is 5.86. The summed E-state index contributed by atoms with van der Waals surface area (Å²) in [5.74, 6) is 0.338. The van der Waals surface area contributed by atoms with Gasteiger partial charge in [0.05, 0.1) is 18.6 Å². The van der Waals surface area contributed by atoms with Crippen LogP contribution in [0.15, 0.2) is 48.5 Å². The van der Waals surface area contributed by atoms with Crippen molar-refractivity contribution in [3.63, 3.8) is 0 Å². The Balaban J connectivity index is 1.31. The van der Waals surface area contributed by atoms with Crippen LogP contribution in [0, 0.1) is 18.8 Å². The Morgan fingerprint density at radius 2 is 1.80 bits per heavy atom. The lowest BCUT2D eigenvalue weighted by molar-refractivity contribution is -0.149. The van der Waals surface area contributed by atoms with Gasteiger partial charge in [-0.3, -0.25) is 4.79 Å². The number of fused-ring (bicyclic) bond motifs is 3. The van der Waals surface area contributed by atoms with Crippen LogP contribution in [-0.2, 0) is 16.0 Å². The molecule has 0 spiro atoms. The third-order valence-electron chi connectivity index (χ3n) is 7.70. The molecule has 5 rings (SSSR count). The van der Waals surface area contributed by atoms with Crippen LogP contribution in [0.5, 0.6) is 0 Å². The molecule has 2 heterocycles. The van der Waals surface area contributed by atoms with Gasteiger partial charge in [-0.2, -0.15) is 0 Å². The molecule has 0 unspecified atom stereocenters. The summed E-state index contributed by atoms with van der Waals surface area (Å²) in [5, 5.41) is 4.47. The monoisotopic (exact) mass is 473 g/mol. The molecule has 2 N–H and O–H groups in total. The van der Waals surface area contributed by atoms with Gasteiger partial charge in [-0.15, -0.1) is 0 Å². The molecule has 6 heteroatoms. The summed E-state index contributed by atoms with van der Waals surface area (Å²) >= 11 is 0. The minimum Gasteiger partial charge on any atom is -0.466 e. The Kier molecular flexibility index (Phi) is 6.80. The molecule has 0 radical (unpaired) electrons. The van der Waals surface area contributed by atoms with Gasteiger partial charge in [-0.1, -0.05) is 48.0 Å². The van der Waals surface area contributed by atoms with Crippen molar-refractivity contribution in [2.45, 2.75) is 52.0 Å². The Morgan fingerprint density at radius 3 is 2.54 bits per heavy atom. The summed E-state index contributed by atoms with van der Waals surface area (Å²) in [6.45, 7) is 5.69. The van der Waals surface area contributed by atoms with Crippen molar-refractivity contribution in [2.75, 3.05) is 19.7 Å². The number of aryl methyl sites for hydroxylation is 1. The molecule has 1 aliphatic heterocycles. The number of carbonyl (C=O) groups excluding carboxylic acids is 2. The summed E-state index contributed by atoms with van der Waals surface area (Å²) in [6.07, 6.45) is 4.40. The second kappa shape index (κ2) is 10.1. The van der Waals surface area contributed by atoms with Crippen molar-refractivity contribution in [1.82, 2.24) is 15.2 Å². The Morgan fingerprint density at radius 1 is 1.06 bits per heavy atom. The van der Waals surface area contributed by atoms with Gasteiger partial charge in [-0.25, -0.2) is 4.79 Å². The first-order valence-corrected chi connectivity index (χ1v) is 12.9. The zero-order valence-corrected chi connectivity index (χ0v) is 20.7. The van der Waals surface area contributed by atoms with Crippen LogP contribution in [0.3, 0.4) is 0 Å². The van der Waals surface area contributed by atoms with E-state index in [9.17, 15) is 9.59 Å². The number of urea groups is 1. The van der Waals surface area contributed by atoms with Crippen molar-refractivity contribution >= 4 is 22.9 Å². The molecule has 1 fully saturated rings. The maximum Gasteiger partial charge on any atom is 0.318 e. The van der Waals surface area contributed by atoms with E-state index in [0.717, 1.165) is 48.9 Å². The van der Waals surface area contributed by atoms with Gasteiger partial charge >= 0.3 is 12.0 Å². The van der Waals surface area contributed by atoms with Crippen LogP contribution < -0.4 is 5.32 Å². The van der Waals surface area contributed by atoms with Gasteiger partial charge in [0.1, 0.15) is 0 Å². The quantitative estimate of drug-likeness (QED) is 0.480. The number of amides is 2. The summed E-state index contributed by atoms with van der Waals surface area (Å²) in [4.78, 5) is 31.1. The Labute approximate surface area is 207 Å². The molecule has 6 nitrogen and oxygen atoms in total. The number of aromatic nitrogens is 1. The molecule has 184 valence electrons. The number of ether oxygens (including phenoxy) is 1. The topological polar surface area (TPSA) is 74.4 Å². The van der Waals surface area contributed by atoms with Crippen LogP contribution in [0.4, 0.5) is 4.79 Å². The molecule has 3 aromatic rings. The largest absolute Gasteiger partial charge is 0.466 e. The normalized spacial score (nSPS) is 22.0. The van der Waals surface area contributed by atoms with Crippen molar-refractivity contribution in [3.05, 3.63) is 70.9 Å². The van der Waals surface area contributed by atoms with Crippen molar-refractivity contribution in [3.8, 4) is 0 Å². The minimum atomic E-state index is -0.147. The van der Waals surface area contributed by atoms with E-state index in [-0.39, 0.29) is 24.0 Å². The van der Waals surface area contributed by atoms with E-state index in [1.54, 1.807) is 0 Å². The zero-order chi connectivity index (χ0) is 24.4. The van der Waals surface area contributed by atoms with Crippen molar-refractivity contribution in [2.24, 2.45) is 11.8 Å². The van der Waals surface area contributed by atoms with Gasteiger partial charge in [0.15, 0.2) is 0 Å². The average Bonchev–Trinajstić information content (AvgIpc) is 3.26. The predicted molar refractivity (Wildman–Crippen MR) is 137 cm³/mol. The van der Waals surface area contributed by atoms with Crippen molar-refractivity contribution < 1.29 is 14.3 Å². The van der Waals surface area contributed by atoms with E-state index in [0.29, 0.717) is 25.6 Å². The molecule has 2 aromatic carbocycles. The van der Waals surface area contributed by atoms with Crippen LogP contribution in [0.2, 0.25) is 0 Å². The van der Waals surface area contributed by atoms with E-state index >= 15 is 0 Å². The fraction of sp³-hybridized carbons (Fsp3) is 0.448. The fourth-order valence-corrected chi connectivity index (χ4v) is 5.75. The maximum absolute atomic E-state index is 13.5. The van der Waals surface area contributed by atoms with Crippen LogP contribution in [0.1, 0.15) is 61.0 Å². The van der Waals surface area contributed by atoms with E-state index in [1.165, 1.54) is 16.5 Å². The third kappa shape index (κ3) is 4.79. The summed E-state index contributed by atoms with van der Waals surface area (Å²) < 4.78 is 5.19. The highest BCUT2D eigenvalue weighted by Gasteiger charge is 2.35. The minimum absolute atomic E-state index is 0.00958. The van der Waals surface area contributed by atoms with E-state index in [2.05, 4.69) is 59.7 Å². The zero-order valence-electron chi connectivity index (χ0n) is 20.7. The lowest BCUT2D eigenvalue weighted by Gasteiger charge is -2.37. The second-order valence-corrected chi connectivity index (χ2v) is 9.98. The molecule has 0 saturated heterocycles. The molecule has 0 bridgehead atoms. The highest BCUT2D eigenvalue weighted by Crippen LogP contribution is 2.38. The van der Waals surface area contributed by atoms with Crippen LogP contribution in [0.25, 0.3) is 10.9 Å². The second-order valence-electron chi connectivity index (χ2n) is 9.98. The van der Waals surface area contributed by atoms with Gasteiger partial charge in [0.25, 0.3) is 0 Å². The summed E-state index contributed by atoms with van der Waals surface area (Å²) in [6, 6.07) is 16.7. The molecule has 1 aromatic heterocycles. The number of carbonyl (C=O) groups is 2. The number of benzene rings is 2. The number of H-pyrrole nitrogens is 1. The summed E-state index contributed by atoms with van der Waals surface area (Å²) in [5.41, 5.74) is 5.87. The number of hydrogen-bond acceptors (Lipinski definition) is 3. The van der Waals surface area contributed by atoms with E-state index in [1.807, 2.05) is 17.9 Å². The third-order valence-corrected chi connectivity index (χ3v) is 7.70. The average molecular weight is 474 g/mol. The van der Waals surface area contributed by atoms with Gasteiger partial charge in [0.2, 0.25) is 0 Å². The van der Waals surface area contributed by atoms with Crippen LogP contribution in [-0.4, -0.2) is 41.6 Å². The Hall–Kier alpha value is -3.28. The van der Waals surface area contributed by atoms with Gasteiger partial charge < -0.3 is 19.9 Å². The molecule has 2 aliphatic rings. The lowest BCUT2D eigenvalue weighted by Crippen LogP contribution is -2.47. The molecule has 1 aliphatic carbocycles. The molecule has 2 amide bonds. The standard InChI is InChI=1S/C29H35N3O3/c1-3-35-28(33)22-14-10-20(11-15-22)18-30-29(34)32-17-16-24-23-6-4-5-7-25(23)31-26(24)27(32)21-12-8-19(2)9-13-21/h4-9,12-13,20,22,27,31H,3,10-11,14-18H2,1-2H3,(H,30,34)/t20?,22?,27-/m0/s1. The number of nitrogens with zero attached hydrogens (tertiary/aromatic N) is 1. The number of hydrogen-bond donors (Lipinski definition) is 2. The first-order chi connectivity index (χ1) is 17.0. The van der Waals surface area contributed by atoms with Crippen molar-refractivity contribution in [1.29, 1.82) is 0 Å². The molecule has 1 saturated carbocycles. The van der Waals surface area contributed by atoms with Crippen LogP contribution >= 0.6 is 0 Å². The molecular weight excluding hydrogens is 438 g/mol. The number of para-hydroxylation sites is 1. The maximum atomic E-state index is 13.5. The highest BCUT2D eigenvalue weighted by atomic mass is 16.5. The predicted octanol–water partition coefficient (Wildman–Crippen LogP) is 5.50. The fourth-order valence-electron chi connectivity index (χ4n) is 5.75. The van der Waals surface area contributed by atoms with E-state index in [4.69, 9.17) is 4.74 Å². The Bertz CT molecular complexity index is 1190. The molecular formula is C29H35N3O3.